The van der Waals surface area contributed by atoms with Crippen LogP contribution in [0.15, 0.2) is 33.8 Å². The van der Waals surface area contributed by atoms with Gasteiger partial charge in [0, 0.05) is 24.2 Å². The highest BCUT2D eigenvalue weighted by atomic mass is 127. The fraction of sp³-hybridized carbons (Fsp3) is 0.421. The van der Waals surface area contributed by atoms with Crippen LogP contribution in [0.4, 0.5) is 10.1 Å². The molecule has 3 N–H and O–H groups in total. The molecule has 0 spiro atoms. The summed E-state index contributed by atoms with van der Waals surface area (Å²) in [6, 6.07) is 5.61. The van der Waals surface area contributed by atoms with Gasteiger partial charge in [-0.25, -0.2) is 9.38 Å². The van der Waals surface area contributed by atoms with Crippen LogP contribution in [-0.4, -0.2) is 30.1 Å². The smallest absolute Gasteiger partial charge is 0.243 e. The Morgan fingerprint density at radius 3 is 2.46 bits per heavy atom. The maximum atomic E-state index is 12.9. The topological polar surface area (TPSA) is 91.6 Å². The molecular weight excluding hydrogens is 476 g/mol. The van der Waals surface area contributed by atoms with Crippen molar-refractivity contribution in [2.24, 2.45) is 4.99 Å². The number of nitrogens with one attached hydrogen (secondary N) is 3. The lowest BCUT2D eigenvalue weighted by Gasteiger charge is -2.11. The van der Waals surface area contributed by atoms with Crippen molar-refractivity contribution in [1.82, 2.24) is 15.8 Å². The predicted octanol–water partition coefficient (Wildman–Crippen LogP) is 3.25. The number of carbonyl (C=O) groups excluding carboxylic acids is 1. The first-order chi connectivity index (χ1) is 13.1. The molecule has 7 nitrogen and oxygen atoms in total. The standard InChI is InChI=1S/C19H26FN5O2.HI/c1-4-16-15(17(5-2)27-25-16)11-22-19(21-6-3)23-12-18(26)24-14-9-7-13(20)8-10-14;/h7-10H,4-6,11-12H2,1-3H3,(H,24,26)(H2,21,22,23);1H. The van der Waals surface area contributed by atoms with Gasteiger partial charge in [0.1, 0.15) is 11.6 Å². The number of aromatic nitrogens is 1. The van der Waals surface area contributed by atoms with E-state index < -0.39 is 0 Å². The van der Waals surface area contributed by atoms with Gasteiger partial charge in [0.25, 0.3) is 0 Å². The first-order valence-corrected chi connectivity index (χ1v) is 9.11. The average Bonchev–Trinajstić information content (AvgIpc) is 3.07. The minimum atomic E-state index is -0.348. The number of aliphatic imine (C=N–C) groups is 1. The van der Waals surface area contributed by atoms with Crippen LogP contribution in [0.2, 0.25) is 0 Å². The van der Waals surface area contributed by atoms with Gasteiger partial charge < -0.3 is 20.5 Å². The van der Waals surface area contributed by atoms with Crippen molar-refractivity contribution < 1.29 is 13.7 Å². The maximum Gasteiger partial charge on any atom is 0.243 e. The zero-order chi connectivity index (χ0) is 19.6. The van der Waals surface area contributed by atoms with Crippen LogP contribution >= 0.6 is 24.0 Å². The predicted molar refractivity (Wildman–Crippen MR) is 119 cm³/mol. The van der Waals surface area contributed by atoms with Crippen molar-refractivity contribution in [2.75, 3.05) is 18.4 Å². The fourth-order valence-corrected chi connectivity index (χ4v) is 2.52. The van der Waals surface area contributed by atoms with Crippen molar-refractivity contribution >= 4 is 41.5 Å². The number of anilines is 1. The lowest BCUT2D eigenvalue weighted by atomic mass is 10.1. The molecule has 2 rings (SSSR count). The molecule has 154 valence electrons. The summed E-state index contributed by atoms with van der Waals surface area (Å²) in [5.74, 6) is 0.762. The van der Waals surface area contributed by atoms with Crippen molar-refractivity contribution in [3.05, 3.63) is 47.1 Å². The molecule has 0 bridgehead atoms. The van der Waals surface area contributed by atoms with E-state index in [-0.39, 0.29) is 42.2 Å². The summed E-state index contributed by atoms with van der Waals surface area (Å²) in [6.45, 7) is 7.10. The second-order valence-electron chi connectivity index (χ2n) is 5.84. The van der Waals surface area contributed by atoms with Crippen LogP contribution in [0.25, 0.3) is 0 Å². The van der Waals surface area contributed by atoms with E-state index in [9.17, 15) is 9.18 Å². The number of nitrogens with zero attached hydrogens (tertiary/aromatic N) is 2. The summed E-state index contributed by atoms with van der Waals surface area (Å²) in [5, 5.41) is 12.9. The summed E-state index contributed by atoms with van der Waals surface area (Å²) in [5.41, 5.74) is 2.43. The van der Waals surface area contributed by atoms with Crippen LogP contribution < -0.4 is 16.0 Å². The third kappa shape index (κ3) is 7.10. The fourth-order valence-electron chi connectivity index (χ4n) is 2.52. The molecule has 9 heteroatoms. The molecule has 0 saturated heterocycles. The van der Waals surface area contributed by atoms with Crippen molar-refractivity contribution in [3.8, 4) is 0 Å². The van der Waals surface area contributed by atoms with Crippen LogP contribution in [-0.2, 0) is 24.2 Å². The number of rotatable bonds is 8. The highest BCUT2D eigenvalue weighted by molar-refractivity contribution is 14.0. The minimum Gasteiger partial charge on any atom is -0.361 e. The van der Waals surface area contributed by atoms with Gasteiger partial charge in [-0.2, -0.15) is 0 Å². The summed E-state index contributed by atoms with van der Waals surface area (Å²) < 4.78 is 18.3. The van der Waals surface area contributed by atoms with E-state index >= 15 is 0 Å². The van der Waals surface area contributed by atoms with Gasteiger partial charge >= 0.3 is 0 Å². The first-order valence-electron chi connectivity index (χ1n) is 9.11. The number of carbonyl (C=O) groups is 1. The quantitative estimate of drug-likeness (QED) is 0.292. The Hall–Kier alpha value is -2.17. The Bertz CT molecular complexity index is 756. The van der Waals surface area contributed by atoms with E-state index in [0.29, 0.717) is 24.7 Å². The molecule has 0 aliphatic heterocycles. The van der Waals surface area contributed by atoms with Gasteiger partial charge in [-0.3, -0.25) is 4.79 Å². The summed E-state index contributed by atoms with van der Waals surface area (Å²) in [7, 11) is 0. The van der Waals surface area contributed by atoms with Crippen molar-refractivity contribution in [2.45, 2.75) is 40.2 Å². The van der Waals surface area contributed by atoms with Crippen molar-refractivity contribution in [1.29, 1.82) is 0 Å². The first kappa shape index (κ1) is 23.9. The lowest BCUT2D eigenvalue weighted by molar-refractivity contribution is -0.115. The Kier molecular flexibility index (Phi) is 10.5. The number of hydrogen-bond donors (Lipinski definition) is 3. The van der Waals surface area contributed by atoms with Crippen LogP contribution in [0.5, 0.6) is 0 Å². The number of halogens is 2. The third-order valence-electron chi connectivity index (χ3n) is 3.89. The van der Waals surface area contributed by atoms with Crippen LogP contribution in [0.3, 0.4) is 0 Å². The molecule has 0 aliphatic rings. The van der Waals surface area contributed by atoms with E-state index in [1.807, 2.05) is 20.8 Å². The van der Waals surface area contributed by atoms with Crippen LogP contribution in [0.1, 0.15) is 37.8 Å². The lowest BCUT2D eigenvalue weighted by Crippen LogP contribution is -2.41. The Morgan fingerprint density at radius 1 is 1.14 bits per heavy atom. The molecule has 0 unspecified atom stereocenters. The molecule has 1 amide bonds. The SMILES string of the molecule is CCNC(=NCc1c(CC)noc1CC)NCC(=O)Nc1ccc(F)cc1.I. The second kappa shape index (κ2) is 12.3. The highest BCUT2D eigenvalue weighted by Crippen LogP contribution is 2.16. The molecule has 0 fully saturated rings. The largest absolute Gasteiger partial charge is 0.361 e. The van der Waals surface area contributed by atoms with Crippen LogP contribution in [0, 0.1) is 5.82 Å². The van der Waals surface area contributed by atoms with Gasteiger partial charge in [0.15, 0.2) is 5.96 Å². The van der Waals surface area contributed by atoms with E-state index in [1.165, 1.54) is 24.3 Å². The van der Waals surface area contributed by atoms with Gasteiger partial charge in [0.2, 0.25) is 5.91 Å². The van der Waals surface area contributed by atoms with E-state index in [2.05, 4.69) is 26.1 Å². The van der Waals surface area contributed by atoms with Gasteiger partial charge in [0.05, 0.1) is 18.8 Å². The summed E-state index contributed by atoms with van der Waals surface area (Å²) >= 11 is 0. The Balaban J connectivity index is 0.00000392. The van der Waals surface area contributed by atoms with Gasteiger partial charge in [-0.1, -0.05) is 19.0 Å². The molecule has 0 saturated carbocycles. The number of guanidine groups is 1. The molecule has 0 atom stereocenters. The maximum absolute atomic E-state index is 12.9. The summed E-state index contributed by atoms with van der Waals surface area (Å²) in [6.07, 6.45) is 1.53. The molecule has 0 radical (unpaired) electrons. The average molecular weight is 503 g/mol. The molecule has 1 heterocycles. The van der Waals surface area contributed by atoms with Crippen molar-refractivity contribution in [3.63, 3.8) is 0 Å². The Labute approximate surface area is 181 Å². The molecule has 1 aromatic carbocycles. The molecule has 28 heavy (non-hydrogen) atoms. The third-order valence-corrected chi connectivity index (χ3v) is 3.89. The summed E-state index contributed by atoms with van der Waals surface area (Å²) in [4.78, 5) is 16.6. The molecule has 1 aromatic heterocycles. The normalized spacial score (nSPS) is 10.9. The number of amides is 1. The van der Waals surface area contributed by atoms with Gasteiger partial charge in [-0.05, 0) is 37.6 Å². The number of benzene rings is 1. The number of aryl methyl sites for hydroxylation is 2. The zero-order valence-electron chi connectivity index (χ0n) is 16.3. The van der Waals surface area contributed by atoms with E-state index in [4.69, 9.17) is 4.52 Å². The monoisotopic (exact) mass is 503 g/mol. The second-order valence-corrected chi connectivity index (χ2v) is 5.84. The van der Waals surface area contributed by atoms with E-state index in [1.54, 1.807) is 0 Å². The minimum absolute atomic E-state index is 0. The van der Waals surface area contributed by atoms with E-state index in [0.717, 1.165) is 29.9 Å². The number of hydrogen-bond acceptors (Lipinski definition) is 4. The highest BCUT2D eigenvalue weighted by Gasteiger charge is 2.13. The molecule has 0 aliphatic carbocycles. The molecular formula is C19H27FIN5O2. The zero-order valence-corrected chi connectivity index (χ0v) is 18.7. The molecule has 2 aromatic rings. The van der Waals surface area contributed by atoms with Gasteiger partial charge in [-0.15, -0.1) is 24.0 Å². The Morgan fingerprint density at radius 2 is 1.86 bits per heavy atom.